The van der Waals surface area contributed by atoms with Crippen LogP contribution in [0, 0.1) is 0 Å². The molecule has 1 atom stereocenters. The zero-order valence-corrected chi connectivity index (χ0v) is 21.8. The summed E-state index contributed by atoms with van der Waals surface area (Å²) in [6, 6.07) is 27.1. The highest BCUT2D eigenvalue weighted by atomic mass is 35.5. The van der Waals surface area contributed by atoms with Gasteiger partial charge in [0.15, 0.2) is 0 Å². The van der Waals surface area contributed by atoms with Gasteiger partial charge in [-0.15, -0.1) is 0 Å². The minimum Gasteiger partial charge on any atom is -0.301 e. The average Bonchev–Trinajstić information content (AvgIpc) is 2.88. The summed E-state index contributed by atoms with van der Waals surface area (Å²) in [6.07, 6.45) is 0.869. The highest BCUT2D eigenvalue weighted by molar-refractivity contribution is 7.89. The second-order valence-corrected chi connectivity index (χ2v) is 11.7. The number of sulfonamides is 1. The van der Waals surface area contributed by atoms with E-state index in [1.54, 1.807) is 31.3 Å². The van der Waals surface area contributed by atoms with Crippen LogP contribution in [0.15, 0.2) is 89.8 Å². The van der Waals surface area contributed by atoms with Crippen molar-refractivity contribution in [3.63, 3.8) is 0 Å². The summed E-state index contributed by atoms with van der Waals surface area (Å²) in [4.78, 5) is 5.31. The van der Waals surface area contributed by atoms with E-state index >= 15 is 0 Å². The molecule has 7 heteroatoms. The summed E-state index contributed by atoms with van der Waals surface area (Å²) in [5, 5.41) is 0.676. The molecule has 0 radical (unpaired) electrons. The van der Waals surface area contributed by atoms with Crippen LogP contribution in [0.2, 0.25) is 5.02 Å². The third-order valence-electron chi connectivity index (χ3n) is 6.76. The van der Waals surface area contributed by atoms with Gasteiger partial charge in [0, 0.05) is 51.3 Å². The first-order valence-corrected chi connectivity index (χ1v) is 14.0. The fraction of sp³-hybridized carbons (Fsp3) is 0.357. The van der Waals surface area contributed by atoms with E-state index in [1.807, 2.05) is 24.3 Å². The molecular weight excluding hydrogens is 478 g/mol. The number of likely N-dealkylation sites (N-methyl/N-ethyl adjacent to an activating group) is 1. The van der Waals surface area contributed by atoms with Crippen LogP contribution in [0.4, 0.5) is 0 Å². The zero-order valence-electron chi connectivity index (χ0n) is 20.3. The van der Waals surface area contributed by atoms with E-state index in [0.717, 1.165) is 51.3 Å². The Kier molecular flexibility index (Phi) is 8.98. The Morgan fingerprint density at radius 3 is 2.14 bits per heavy atom. The van der Waals surface area contributed by atoms with Gasteiger partial charge in [-0.05, 0) is 54.3 Å². The summed E-state index contributed by atoms with van der Waals surface area (Å²) in [5.74, 6) is 0.0551. The highest BCUT2D eigenvalue weighted by Crippen LogP contribution is 2.26. The fourth-order valence-electron chi connectivity index (χ4n) is 4.66. The molecule has 35 heavy (non-hydrogen) atoms. The van der Waals surface area contributed by atoms with Crippen molar-refractivity contribution in [1.29, 1.82) is 0 Å². The number of nitrogens with zero attached hydrogens (tertiary/aromatic N) is 3. The summed E-state index contributed by atoms with van der Waals surface area (Å²) in [6.45, 7) is 6.45. The van der Waals surface area contributed by atoms with Crippen molar-refractivity contribution >= 4 is 21.6 Å². The Hall–Kier alpha value is -2.22. The van der Waals surface area contributed by atoms with Gasteiger partial charge in [-0.25, -0.2) is 12.7 Å². The van der Waals surface area contributed by atoms with E-state index in [2.05, 4.69) is 46.2 Å². The molecule has 0 aromatic heterocycles. The molecule has 1 fully saturated rings. The third kappa shape index (κ3) is 7.15. The topological polar surface area (TPSA) is 43.9 Å². The van der Waals surface area contributed by atoms with Gasteiger partial charge in [-0.2, -0.15) is 0 Å². The summed E-state index contributed by atoms with van der Waals surface area (Å²) in [7, 11) is -1.88. The molecular formula is C28H34ClN3O2S. The van der Waals surface area contributed by atoms with Crippen LogP contribution in [0.3, 0.4) is 0 Å². The van der Waals surface area contributed by atoms with Crippen molar-refractivity contribution in [2.75, 3.05) is 46.3 Å². The first-order chi connectivity index (χ1) is 16.9. The second kappa shape index (κ2) is 12.2. The maximum Gasteiger partial charge on any atom is 0.242 e. The molecule has 5 nitrogen and oxygen atoms in total. The molecule has 4 rings (SSSR count). The van der Waals surface area contributed by atoms with E-state index < -0.39 is 10.0 Å². The third-order valence-corrected chi connectivity index (χ3v) is 8.83. The van der Waals surface area contributed by atoms with Gasteiger partial charge >= 0.3 is 0 Å². The van der Waals surface area contributed by atoms with Crippen molar-refractivity contribution < 1.29 is 8.42 Å². The molecule has 0 saturated carbocycles. The van der Waals surface area contributed by atoms with E-state index in [-0.39, 0.29) is 5.92 Å². The van der Waals surface area contributed by atoms with Crippen molar-refractivity contribution in [3.05, 3.63) is 101 Å². The van der Waals surface area contributed by atoms with Crippen LogP contribution in [0.1, 0.15) is 23.5 Å². The molecule has 0 aliphatic carbocycles. The van der Waals surface area contributed by atoms with Crippen LogP contribution in [-0.2, 0) is 16.6 Å². The average molecular weight is 512 g/mol. The van der Waals surface area contributed by atoms with E-state index in [1.165, 1.54) is 9.87 Å². The SMILES string of the molecule is CN(C[C@@H](CCN1CCN(Cc2ccccc2)CC1)c1cccc(Cl)c1)S(=O)(=O)c1ccccc1. The molecule has 1 heterocycles. The van der Waals surface area contributed by atoms with Crippen LogP contribution in [0.25, 0.3) is 0 Å². The van der Waals surface area contributed by atoms with Gasteiger partial charge in [-0.1, -0.05) is 72.3 Å². The highest BCUT2D eigenvalue weighted by Gasteiger charge is 2.26. The lowest BCUT2D eigenvalue weighted by atomic mass is 9.95. The lowest BCUT2D eigenvalue weighted by Gasteiger charge is -2.35. The van der Waals surface area contributed by atoms with E-state index in [9.17, 15) is 8.42 Å². The maximum atomic E-state index is 13.1. The van der Waals surface area contributed by atoms with Crippen LogP contribution < -0.4 is 0 Å². The summed E-state index contributed by atoms with van der Waals surface area (Å²) >= 11 is 6.29. The number of piperazine rings is 1. The quantitative estimate of drug-likeness (QED) is 0.386. The lowest BCUT2D eigenvalue weighted by Crippen LogP contribution is -2.46. The molecule has 1 aliphatic rings. The lowest BCUT2D eigenvalue weighted by molar-refractivity contribution is 0.123. The second-order valence-electron chi connectivity index (χ2n) is 9.24. The molecule has 0 amide bonds. The summed E-state index contributed by atoms with van der Waals surface area (Å²) < 4.78 is 27.8. The van der Waals surface area contributed by atoms with Crippen LogP contribution in [0.5, 0.6) is 0 Å². The summed E-state index contributed by atoms with van der Waals surface area (Å²) in [5.41, 5.74) is 2.43. The normalized spacial score (nSPS) is 16.4. The number of hydrogen-bond acceptors (Lipinski definition) is 4. The van der Waals surface area contributed by atoms with E-state index in [4.69, 9.17) is 11.6 Å². The first-order valence-electron chi connectivity index (χ1n) is 12.2. The molecule has 0 unspecified atom stereocenters. The Bertz CT molecular complexity index is 1170. The number of benzene rings is 3. The Balaban J connectivity index is 1.38. The van der Waals surface area contributed by atoms with Gasteiger partial charge in [0.05, 0.1) is 4.90 Å². The molecule has 186 valence electrons. The largest absolute Gasteiger partial charge is 0.301 e. The van der Waals surface area contributed by atoms with Gasteiger partial charge in [-0.3, -0.25) is 4.90 Å². The molecule has 3 aromatic rings. The van der Waals surface area contributed by atoms with Gasteiger partial charge in [0.25, 0.3) is 0 Å². The molecule has 1 saturated heterocycles. The molecule has 0 bridgehead atoms. The van der Waals surface area contributed by atoms with Crippen molar-refractivity contribution in [2.24, 2.45) is 0 Å². The van der Waals surface area contributed by atoms with Crippen LogP contribution >= 0.6 is 11.6 Å². The minimum atomic E-state index is -3.55. The van der Waals surface area contributed by atoms with Gasteiger partial charge < -0.3 is 4.90 Å². The minimum absolute atomic E-state index is 0.0551. The molecule has 0 spiro atoms. The number of rotatable bonds is 10. The standard InChI is InChI=1S/C28H34ClN3O2S/c1-30(35(33,34)28-13-6-3-7-14-28)23-26(25-11-8-12-27(29)21-25)15-16-31-17-19-32(20-18-31)22-24-9-4-2-5-10-24/h2-14,21,26H,15-20,22-23H2,1H3/t26-/m1/s1. The Morgan fingerprint density at radius 1 is 0.857 bits per heavy atom. The molecule has 3 aromatic carbocycles. The molecule has 1 aliphatic heterocycles. The van der Waals surface area contributed by atoms with Crippen molar-refractivity contribution in [2.45, 2.75) is 23.8 Å². The Morgan fingerprint density at radius 2 is 1.49 bits per heavy atom. The monoisotopic (exact) mass is 511 g/mol. The van der Waals surface area contributed by atoms with Crippen molar-refractivity contribution in [3.8, 4) is 0 Å². The smallest absolute Gasteiger partial charge is 0.242 e. The van der Waals surface area contributed by atoms with Crippen molar-refractivity contribution in [1.82, 2.24) is 14.1 Å². The zero-order chi connectivity index (χ0) is 24.7. The predicted octanol–water partition coefficient (Wildman–Crippen LogP) is 4.95. The van der Waals surface area contributed by atoms with Gasteiger partial charge in [0.2, 0.25) is 10.0 Å². The number of halogens is 1. The molecule has 0 N–H and O–H groups in total. The Labute approximate surface area is 215 Å². The first kappa shape index (κ1) is 25.9. The number of hydrogen-bond donors (Lipinski definition) is 0. The maximum absolute atomic E-state index is 13.1. The van der Waals surface area contributed by atoms with Gasteiger partial charge in [0.1, 0.15) is 0 Å². The fourth-order valence-corrected chi connectivity index (χ4v) is 6.09. The predicted molar refractivity (Wildman–Crippen MR) is 143 cm³/mol. The van der Waals surface area contributed by atoms with E-state index in [0.29, 0.717) is 16.5 Å². The van der Waals surface area contributed by atoms with Crippen LogP contribution in [-0.4, -0.2) is 68.8 Å².